The lowest BCUT2D eigenvalue weighted by molar-refractivity contribution is 0.826. The van der Waals surface area contributed by atoms with Gasteiger partial charge in [0.2, 0.25) is 0 Å². The second-order valence-corrected chi connectivity index (χ2v) is 4.16. The highest BCUT2D eigenvalue weighted by molar-refractivity contribution is 5.85. The average Bonchev–Trinajstić information content (AvgIpc) is 2.82. The van der Waals surface area contributed by atoms with E-state index in [0.29, 0.717) is 0 Å². The molecule has 2 aromatic rings. The number of nitrogens with zero attached hydrogens (tertiary/aromatic N) is 1. The first-order valence-corrected chi connectivity index (χ1v) is 5.65. The molecule has 1 aliphatic heterocycles. The van der Waals surface area contributed by atoms with Gasteiger partial charge in [-0.25, -0.2) is 0 Å². The quantitative estimate of drug-likeness (QED) is 0.764. The largest absolute Gasteiger partial charge is 0.397 e. The summed E-state index contributed by atoms with van der Waals surface area (Å²) >= 11 is 0. The molecule has 0 atom stereocenters. The summed E-state index contributed by atoms with van der Waals surface area (Å²) in [5.41, 5.74) is 10.5. The van der Waals surface area contributed by atoms with Crippen molar-refractivity contribution in [2.24, 2.45) is 0 Å². The van der Waals surface area contributed by atoms with Crippen molar-refractivity contribution in [1.29, 1.82) is 0 Å². The molecule has 0 radical (unpaired) electrons. The van der Waals surface area contributed by atoms with Crippen molar-refractivity contribution in [3.63, 3.8) is 0 Å². The highest BCUT2D eigenvalue weighted by Crippen LogP contribution is 2.33. The van der Waals surface area contributed by atoms with Crippen LogP contribution in [0.4, 0.5) is 11.4 Å². The van der Waals surface area contributed by atoms with Gasteiger partial charge in [-0.3, -0.25) is 0 Å². The van der Waals surface area contributed by atoms with Crippen LogP contribution < -0.4 is 11.1 Å². The summed E-state index contributed by atoms with van der Waals surface area (Å²) in [6.07, 6.45) is 6.39. The van der Waals surface area contributed by atoms with Crippen LogP contribution in [0.25, 0.3) is 5.69 Å². The van der Waals surface area contributed by atoms with Crippen molar-refractivity contribution >= 4 is 23.8 Å². The standard InChI is InChI=1S/C13H15N3.ClH/c14-11-6-5-10-4-3-7-15-12(10)13(11)16-8-1-2-9-16;/h1-2,5-6,8-9,15H,3-4,7,14H2;1H. The summed E-state index contributed by atoms with van der Waals surface area (Å²) in [6.45, 7) is 1.03. The molecule has 0 saturated heterocycles. The van der Waals surface area contributed by atoms with Crippen LogP contribution in [0.15, 0.2) is 36.7 Å². The third-order valence-corrected chi connectivity index (χ3v) is 3.08. The third-order valence-electron chi connectivity index (χ3n) is 3.08. The number of aryl methyl sites for hydroxylation is 1. The van der Waals surface area contributed by atoms with Gasteiger partial charge in [-0.05, 0) is 36.6 Å². The van der Waals surface area contributed by atoms with Crippen molar-refractivity contribution < 1.29 is 0 Å². The Bertz CT molecular complexity index is 506. The zero-order chi connectivity index (χ0) is 11.0. The van der Waals surface area contributed by atoms with Gasteiger partial charge in [-0.1, -0.05) is 6.07 Å². The molecular formula is C13H16ClN3. The smallest absolute Gasteiger partial charge is 0.0918 e. The van der Waals surface area contributed by atoms with E-state index in [1.807, 2.05) is 30.6 Å². The van der Waals surface area contributed by atoms with Crippen molar-refractivity contribution in [1.82, 2.24) is 4.57 Å². The molecule has 3 rings (SSSR count). The number of hydrogen-bond donors (Lipinski definition) is 2. The molecule has 3 nitrogen and oxygen atoms in total. The Labute approximate surface area is 107 Å². The second-order valence-electron chi connectivity index (χ2n) is 4.16. The van der Waals surface area contributed by atoms with E-state index in [1.54, 1.807) is 0 Å². The van der Waals surface area contributed by atoms with Crippen molar-refractivity contribution in [3.05, 3.63) is 42.2 Å². The average molecular weight is 250 g/mol. The number of hydrogen-bond acceptors (Lipinski definition) is 2. The molecule has 1 aliphatic rings. The topological polar surface area (TPSA) is 43.0 Å². The predicted octanol–water partition coefficient (Wildman–Crippen LogP) is 2.84. The monoisotopic (exact) mass is 249 g/mol. The maximum absolute atomic E-state index is 6.08. The van der Waals surface area contributed by atoms with Crippen LogP contribution in [0.2, 0.25) is 0 Å². The minimum atomic E-state index is 0. The fourth-order valence-corrected chi connectivity index (χ4v) is 2.31. The molecule has 1 aromatic carbocycles. The molecule has 17 heavy (non-hydrogen) atoms. The van der Waals surface area contributed by atoms with Crippen LogP contribution in [0, 0.1) is 0 Å². The molecule has 0 amide bonds. The van der Waals surface area contributed by atoms with Crippen LogP contribution >= 0.6 is 12.4 Å². The van der Waals surface area contributed by atoms with E-state index < -0.39 is 0 Å². The first-order valence-electron chi connectivity index (χ1n) is 5.65. The number of fused-ring (bicyclic) bond motifs is 1. The van der Waals surface area contributed by atoms with Crippen LogP contribution in [0.3, 0.4) is 0 Å². The number of nitrogen functional groups attached to an aromatic ring is 1. The summed E-state index contributed by atoms with van der Waals surface area (Å²) in [4.78, 5) is 0. The van der Waals surface area contributed by atoms with Gasteiger partial charge in [0.15, 0.2) is 0 Å². The maximum Gasteiger partial charge on any atom is 0.0918 e. The van der Waals surface area contributed by atoms with Crippen molar-refractivity contribution in [2.45, 2.75) is 12.8 Å². The molecule has 0 unspecified atom stereocenters. The Balaban J connectivity index is 0.00000108. The lowest BCUT2D eigenvalue weighted by Crippen LogP contribution is -2.15. The summed E-state index contributed by atoms with van der Waals surface area (Å²) < 4.78 is 2.08. The maximum atomic E-state index is 6.08. The van der Waals surface area contributed by atoms with Gasteiger partial charge in [-0.2, -0.15) is 0 Å². The van der Waals surface area contributed by atoms with E-state index >= 15 is 0 Å². The Kier molecular flexibility index (Phi) is 3.29. The molecule has 0 bridgehead atoms. The zero-order valence-electron chi connectivity index (χ0n) is 9.52. The number of aromatic nitrogens is 1. The normalized spacial score (nSPS) is 13.4. The van der Waals surface area contributed by atoms with Crippen molar-refractivity contribution in [2.75, 3.05) is 17.6 Å². The minimum Gasteiger partial charge on any atom is -0.397 e. The predicted molar refractivity (Wildman–Crippen MR) is 74.2 cm³/mol. The summed E-state index contributed by atoms with van der Waals surface area (Å²) in [6, 6.07) is 8.16. The van der Waals surface area contributed by atoms with E-state index in [-0.39, 0.29) is 12.4 Å². The number of nitrogens with two attached hydrogens (primary N) is 1. The first-order chi connectivity index (χ1) is 7.86. The Morgan fingerprint density at radius 1 is 1.18 bits per heavy atom. The van der Waals surface area contributed by atoms with E-state index in [0.717, 1.165) is 24.3 Å². The third kappa shape index (κ3) is 1.98. The number of benzene rings is 1. The van der Waals surface area contributed by atoms with E-state index in [2.05, 4.69) is 16.0 Å². The van der Waals surface area contributed by atoms with E-state index in [1.165, 1.54) is 17.7 Å². The molecular weight excluding hydrogens is 234 g/mol. The summed E-state index contributed by atoms with van der Waals surface area (Å²) in [7, 11) is 0. The number of rotatable bonds is 1. The molecule has 2 heterocycles. The molecule has 4 heteroatoms. The lowest BCUT2D eigenvalue weighted by Gasteiger charge is -2.23. The molecule has 0 spiro atoms. The number of halogens is 1. The van der Waals surface area contributed by atoms with Gasteiger partial charge in [0.25, 0.3) is 0 Å². The minimum absolute atomic E-state index is 0. The highest BCUT2D eigenvalue weighted by atomic mass is 35.5. The van der Waals surface area contributed by atoms with Gasteiger partial charge in [0.05, 0.1) is 17.1 Å². The lowest BCUT2D eigenvalue weighted by atomic mass is 10.0. The highest BCUT2D eigenvalue weighted by Gasteiger charge is 2.15. The van der Waals surface area contributed by atoms with Gasteiger partial charge < -0.3 is 15.6 Å². The van der Waals surface area contributed by atoms with Crippen LogP contribution in [-0.4, -0.2) is 11.1 Å². The van der Waals surface area contributed by atoms with E-state index in [4.69, 9.17) is 5.73 Å². The molecule has 90 valence electrons. The number of anilines is 2. The van der Waals surface area contributed by atoms with E-state index in [9.17, 15) is 0 Å². The van der Waals surface area contributed by atoms with Crippen LogP contribution in [0.5, 0.6) is 0 Å². The SMILES string of the molecule is Cl.Nc1ccc2c(c1-n1cccc1)NCCC2. The fraction of sp³-hybridized carbons (Fsp3) is 0.231. The Hall–Kier alpha value is -1.61. The van der Waals surface area contributed by atoms with Gasteiger partial charge in [0.1, 0.15) is 0 Å². The second kappa shape index (κ2) is 4.72. The Morgan fingerprint density at radius 3 is 2.71 bits per heavy atom. The molecule has 0 saturated carbocycles. The molecule has 0 aliphatic carbocycles. The fourth-order valence-electron chi connectivity index (χ4n) is 2.31. The molecule has 3 N–H and O–H groups in total. The van der Waals surface area contributed by atoms with Gasteiger partial charge >= 0.3 is 0 Å². The van der Waals surface area contributed by atoms with Gasteiger partial charge in [-0.15, -0.1) is 12.4 Å². The van der Waals surface area contributed by atoms with Crippen LogP contribution in [0.1, 0.15) is 12.0 Å². The zero-order valence-corrected chi connectivity index (χ0v) is 10.3. The first kappa shape index (κ1) is 11.9. The molecule has 1 aromatic heterocycles. The van der Waals surface area contributed by atoms with Crippen molar-refractivity contribution in [3.8, 4) is 5.69 Å². The van der Waals surface area contributed by atoms with Crippen LogP contribution in [-0.2, 0) is 6.42 Å². The molecule has 0 fully saturated rings. The summed E-state index contributed by atoms with van der Waals surface area (Å²) in [5, 5.41) is 3.46. The summed E-state index contributed by atoms with van der Waals surface area (Å²) in [5.74, 6) is 0. The van der Waals surface area contributed by atoms with Gasteiger partial charge in [0, 0.05) is 18.9 Å². The number of nitrogens with one attached hydrogen (secondary N) is 1. The Morgan fingerprint density at radius 2 is 1.94 bits per heavy atom.